The summed E-state index contributed by atoms with van der Waals surface area (Å²) in [7, 11) is 0. The van der Waals surface area contributed by atoms with Gasteiger partial charge in [-0.1, -0.05) is 49.4 Å². The molecule has 0 radical (unpaired) electrons. The van der Waals surface area contributed by atoms with Crippen molar-refractivity contribution >= 4 is 17.5 Å². The van der Waals surface area contributed by atoms with E-state index in [9.17, 15) is 9.59 Å². The molecule has 0 aliphatic heterocycles. The molecule has 0 bridgehead atoms. The van der Waals surface area contributed by atoms with Gasteiger partial charge in [-0.3, -0.25) is 9.59 Å². The molecule has 0 spiro atoms. The molecule has 24 heavy (non-hydrogen) atoms. The molecule has 4 nitrogen and oxygen atoms in total. The van der Waals surface area contributed by atoms with Crippen molar-refractivity contribution < 1.29 is 9.59 Å². The molecule has 2 aromatic carbocycles. The minimum atomic E-state index is -0.905. The van der Waals surface area contributed by atoms with E-state index in [1.54, 1.807) is 0 Å². The maximum absolute atomic E-state index is 12.5. The molecular formula is C20H22N2O2. The second-order valence-corrected chi connectivity index (χ2v) is 6.25. The van der Waals surface area contributed by atoms with E-state index >= 15 is 0 Å². The van der Waals surface area contributed by atoms with Crippen molar-refractivity contribution in [3.05, 3.63) is 65.7 Å². The van der Waals surface area contributed by atoms with Crippen LogP contribution in [-0.2, 0) is 22.6 Å². The first-order valence-electron chi connectivity index (χ1n) is 8.37. The molecule has 4 heteroatoms. The summed E-state index contributed by atoms with van der Waals surface area (Å²) in [6.07, 6.45) is 2.17. The summed E-state index contributed by atoms with van der Waals surface area (Å²) in [4.78, 5) is 25.0. The van der Waals surface area contributed by atoms with E-state index in [2.05, 4.69) is 17.6 Å². The quantitative estimate of drug-likeness (QED) is 0.802. The molecule has 0 atom stereocenters. The van der Waals surface area contributed by atoms with Gasteiger partial charge in [-0.2, -0.15) is 0 Å². The first kappa shape index (κ1) is 16.2. The van der Waals surface area contributed by atoms with Gasteiger partial charge in [-0.15, -0.1) is 0 Å². The van der Waals surface area contributed by atoms with Gasteiger partial charge in [0.1, 0.15) is 5.41 Å². The van der Waals surface area contributed by atoms with E-state index in [0.717, 1.165) is 17.7 Å². The first-order valence-corrected chi connectivity index (χ1v) is 8.37. The number of hydrogen-bond donors (Lipinski definition) is 2. The van der Waals surface area contributed by atoms with Gasteiger partial charge < -0.3 is 10.6 Å². The smallest absolute Gasteiger partial charge is 0.240 e. The Bertz CT molecular complexity index is 719. The van der Waals surface area contributed by atoms with Gasteiger partial charge in [0.05, 0.1) is 0 Å². The molecule has 0 aromatic heterocycles. The third-order valence-corrected chi connectivity index (χ3v) is 4.54. The molecule has 1 aliphatic carbocycles. The van der Waals surface area contributed by atoms with Crippen molar-refractivity contribution in [2.75, 3.05) is 5.32 Å². The highest BCUT2D eigenvalue weighted by molar-refractivity contribution is 6.13. The van der Waals surface area contributed by atoms with Gasteiger partial charge in [-0.25, -0.2) is 0 Å². The fraction of sp³-hybridized carbons (Fsp3) is 0.300. The lowest BCUT2D eigenvalue weighted by molar-refractivity contribution is -0.134. The predicted molar refractivity (Wildman–Crippen MR) is 94.4 cm³/mol. The minimum absolute atomic E-state index is 0.186. The number of aryl methyl sites for hydroxylation is 1. The largest absolute Gasteiger partial charge is 0.351 e. The lowest BCUT2D eigenvalue weighted by Gasteiger charge is -2.15. The van der Waals surface area contributed by atoms with Crippen molar-refractivity contribution in [2.45, 2.75) is 32.7 Å². The van der Waals surface area contributed by atoms with Crippen molar-refractivity contribution in [2.24, 2.45) is 5.41 Å². The molecule has 2 amide bonds. The molecule has 1 aliphatic rings. The lowest BCUT2D eigenvalue weighted by Crippen LogP contribution is -2.39. The first-order chi connectivity index (χ1) is 11.6. The van der Waals surface area contributed by atoms with E-state index in [0.29, 0.717) is 19.4 Å². The zero-order valence-electron chi connectivity index (χ0n) is 13.8. The van der Waals surface area contributed by atoms with Gasteiger partial charge >= 0.3 is 0 Å². The number of hydrogen-bond acceptors (Lipinski definition) is 2. The number of rotatable bonds is 6. The van der Waals surface area contributed by atoms with Gasteiger partial charge in [-0.05, 0) is 42.5 Å². The molecule has 2 N–H and O–H groups in total. The fourth-order valence-corrected chi connectivity index (χ4v) is 2.70. The average molecular weight is 322 g/mol. The Balaban J connectivity index is 1.59. The van der Waals surface area contributed by atoms with Gasteiger partial charge in [0.25, 0.3) is 0 Å². The highest BCUT2D eigenvalue weighted by atomic mass is 16.2. The summed E-state index contributed by atoms with van der Waals surface area (Å²) in [5.41, 5.74) is 2.07. The van der Waals surface area contributed by atoms with Crippen LogP contribution in [0.4, 0.5) is 5.69 Å². The van der Waals surface area contributed by atoms with Crippen LogP contribution in [0.2, 0.25) is 0 Å². The van der Waals surface area contributed by atoms with Gasteiger partial charge in [0.2, 0.25) is 11.8 Å². The van der Waals surface area contributed by atoms with Crippen molar-refractivity contribution in [3.8, 4) is 0 Å². The standard InChI is InChI=1S/C20H22N2O2/c1-2-15-8-10-17(11-9-15)22-19(24)20(12-13-20)18(23)21-14-16-6-4-3-5-7-16/h3-11H,2,12-14H2,1H3,(H,21,23)(H,22,24). The molecule has 1 saturated carbocycles. The zero-order valence-corrected chi connectivity index (χ0v) is 13.8. The van der Waals surface area contributed by atoms with Crippen LogP contribution in [-0.4, -0.2) is 11.8 Å². The summed E-state index contributed by atoms with van der Waals surface area (Å²) < 4.78 is 0. The average Bonchev–Trinajstić information content (AvgIpc) is 3.43. The number of carbonyl (C=O) groups excluding carboxylic acids is 2. The summed E-state index contributed by atoms with van der Waals surface area (Å²) in [6, 6.07) is 17.5. The highest BCUT2D eigenvalue weighted by Gasteiger charge is 2.56. The Kier molecular flexibility index (Phi) is 4.65. The monoisotopic (exact) mass is 322 g/mol. The third kappa shape index (κ3) is 3.48. The Morgan fingerprint density at radius 1 is 0.917 bits per heavy atom. The van der Waals surface area contributed by atoms with E-state index in [1.807, 2.05) is 54.6 Å². The topological polar surface area (TPSA) is 58.2 Å². The van der Waals surface area contributed by atoms with Gasteiger partial charge in [0.15, 0.2) is 0 Å². The second kappa shape index (κ2) is 6.87. The lowest BCUT2D eigenvalue weighted by atomic mass is 10.0. The van der Waals surface area contributed by atoms with E-state index in [4.69, 9.17) is 0 Å². The molecular weight excluding hydrogens is 300 g/mol. The number of benzene rings is 2. The summed E-state index contributed by atoms with van der Waals surface area (Å²) in [6.45, 7) is 2.53. The molecule has 3 rings (SSSR count). The number of anilines is 1. The Morgan fingerprint density at radius 3 is 2.17 bits per heavy atom. The zero-order chi connectivity index (χ0) is 17.0. The van der Waals surface area contributed by atoms with Crippen LogP contribution >= 0.6 is 0 Å². The second-order valence-electron chi connectivity index (χ2n) is 6.25. The molecule has 0 heterocycles. The summed E-state index contributed by atoms with van der Waals surface area (Å²) in [5.74, 6) is -0.397. The normalized spacial score (nSPS) is 14.7. The third-order valence-electron chi connectivity index (χ3n) is 4.54. The van der Waals surface area contributed by atoms with E-state index in [1.165, 1.54) is 5.56 Å². The van der Waals surface area contributed by atoms with Crippen molar-refractivity contribution in [1.29, 1.82) is 0 Å². The van der Waals surface area contributed by atoms with Crippen molar-refractivity contribution in [3.63, 3.8) is 0 Å². The highest BCUT2D eigenvalue weighted by Crippen LogP contribution is 2.46. The van der Waals surface area contributed by atoms with Crippen LogP contribution in [0.25, 0.3) is 0 Å². The molecule has 1 fully saturated rings. The predicted octanol–water partition coefficient (Wildman–Crippen LogP) is 3.28. The number of nitrogens with one attached hydrogen (secondary N) is 2. The SMILES string of the molecule is CCc1ccc(NC(=O)C2(C(=O)NCc3ccccc3)CC2)cc1. The van der Waals surface area contributed by atoms with Crippen LogP contribution in [0, 0.1) is 5.41 Å². The maximum Gasteiger partial charge on any atom is 0.240 e. The van der Waals surface area contributed by atoms with Crippen LogP contribution in [0.15, 0.2) is 54.6 Å². The number of amides is 2. The molecule has 0 saturated heterocycles. The molecule has 0 unspecified atom stereocenters. The van der Waals surface area contributed by atoms with Crippen LogP contribution < -0.4 is 10.6 Å². The Hall–Kier alpha value is -2.62. The minimum Gasteiger partial charge on any atom is -0.351 e. The summed E-state index contributed by atoms with van der Waals surface area (Å²) in [5, 5.41) is 5.76. The molecule has 2 aromatic rings. The van der Waals surface area contributed by atoms with Gasteiger partial charge in [0, 0.05) is 12.2 Å². The van der Waals surface area contributed by atoms with Crippen LogP contribution in [0.3, 0.4) is 0 Å². The van der Waals surface area contributed by atoms with E-state index in [-0.39, 0.29) is 11.8 Å². The number of carbonyl (C=O) groups is 2. The van der Waals surface area contributed by atoms with Crippen molar-refractivity contribution in [1.82, 2.24) is 5.32 Å². The summed E-state index contributed by atoms with van der Waals surface area (Å²) >= 11 is 0. The van der Waals surface area contributed by atoms with Crippen LogP contribution in [0.1, 0.15) is 30.9 Å². The Labute approximate surface area is 142 Å². The maximum atomic E-state index is 12.5. The molecule has 124 valence electrons. The fourth-order valence-electron chi connectivity index (χ4n) is 2.70. The van der Waals surface area contributed by atoms with Crippen LogP contribution in [0.5, 0.6) is 0 Å². The van der Waals surface area contributed by atoms with E-state index < -0.39 is 5.41 Å². The Morgan fingerprint density at radius 2 is 1.58 bits per heavy atom.